The van der Waals surface area contributed by atoms with Crippen LogP contribution in [0.1, 0.15) is 0 Å². The van der Waals surface area contributed by atoms with Crippen molar-refractivity contribution >= 4 is 11.6 Å². The second-order valence-electron chi connectivity index (χ2n) is 2.72. The Labute approximate surface area is 83.6 Å². The average molecular weight is 191 g/mol. The van der Waals surface area contributed by atoms with Crippen molar-refractivity contribution in [1.82, 2.24) is 0 Å². The summed E-state index contributed by atoms with van der Waals surface area (Å²) in [5.41, 5.74) is 0.805. The molecule has 1 aromatic carbocycles. The third kappa shape index (κ3) is 2.44. The number of methoxy groups -OCH3 is 1. The summed E-state index contributed by atoms with van der Waals surface area (Å²) in [6, 6.07) is 9.33. The summed E-state index contributed by atoms with van der Waals surface area (Å²) in [6.45, 7) is 3.67. The van der Waals surface area contributed by atoms with Gasteiger partial charge in [-0.05, 0) is 18.2 Å². The van der Waals surface area contributed by atoms with Crippen molar-refractivity contribution in [3.63, 3.8) is 0 Å². The third-order valence-corrected chi connectivity index (χ3v) is 1.77. The summed E-state index contributed by atoms with van der Waals surface area (Å²) in [5.74, 6) is -0.168. The maximum Gasteiger partial charge on any atom is 0.252 e. The summed E-state index contributed by atoms with van der Waals surface area (Å²) in [7, 11) is 1.55. The van der Waals surface area contributed by atoms with Crippen LogP contribution in [0.25, 0.3) is 0 Å². The Morgan fingerprint density at radius 1 is 1.50 bits per heavy atom. The molecule has 1 amide bonds. The zero-order valence-electron chi connectivity index (χ0n) is 8.14. The monoisotopic (exact) mass is 191 g/mol. The van der Waals surface area contributed by atoms with E-state index in [1.807, 2.05) is 30.3 Å². The molecule has 0 saturated heterocycles. The lowest BCUT2D eigenvalue weighted by molar-refractivity contribution is -0.115. The molecule has 0 aliphatic rings. The van der Waals surface area contributed by atoms with Crippen molar-refractivity contribution in [3.8, 4) is 0 Å². The lowest BCUT2D eigenvalue weighted by Crippen LogP contribution is -2.30. The topological polar surface area (TPSA) is 29.5 Å². The van der Waals surface area contributed by atoms with Crippen molar-refractivity contribution in [2.24, 2.45) is 0 Å². The first-order valence-electron chi connectivity index (χ1n) is 4.27. The maximum absolute atomic E-state index is 11.4. The number of nitrogens with zero attached hydrogens (tertiary/aromatic N) is 1. The number of benzene rings is 1. The van der Waals surface area contributed by atoms with Gasteiger partial charge in [0.25, 0.3) is 5.91 Å². The number of hydrogen-bond acceptors (Lipinski definition) is 2. The number of carbonyl (C=O) groups excluding carboxylic acids is 1. The molecule has 0 radical (unpaired) electrons. The highest BCUT2D eigenvalue weighted by Crippen LogP contribution is 2.13. The zero-order valence-corrected chi connectivity index (χ0v) is 8.14. The van der Waals surface area contributed by atoms with Crippen LogP contribution in [0.2, 0.25) is 0 Å². The fraction of sp³-hybridized carbons (Fsp3) is 0.182. The van der Waals surface area contributed by atoms with E-state index in [0.717, 1.165) is 5.69 Å². The van der Waals surface area contributed by atoms with Gasteiger partial charge in [-0.15, -0.1) is 0 Å². The molecule has 0 aliphatic carbocycles. The Balaban J connectivity index is 2.88. The van der Waals surface area contributed by atoms with Gasteiger partial charge >= 0.3 is 0 Å². The van der Waals surface area contributed by atoms with Crippen LogP contribution in [0.5, 0.6) is 0 Å². The molecule has 0 saturated carbocycles. The summed E-state index contributed by atoms with van der Waals surface area (Å²) >= 11 is 0. The van der Waals surface area contributed by atoms with Gasteiger partial charge in [0.05, 0.1) is 0 Å². The summed E-state index contributed by atoms with van der Waals surface area (Å²) in [4.78, 5) is 12.9. The number of para-hydroxylation sites is 1. The van der Waals surface area contributed by atoms with Crippen molar-refractivity contribution in [3.05, 3.63) is 43.0 Å². The zero-order chi connectivity index (χ0) is 10.4. The van der Waals surface area contributed by atoms with Crippen LogP contribution in [0, 0.1) is 0 Å². The molecule has 14 heavy (non-hydrogen) atoms. The minimum Gasteiger partial charge on any atom is -0.364 e. The molecule has 0 bridgehead atoms. The molecule has 0 atom stereocenters. The smallest absolute Gasteiger partial charge is 0.252 e. The highest BCUT2D eigenvalue weighted by molar-refractivity contribution is 6.00. The van der Waals surface area contributed by atoms with Crippen LogP contribution in [0.3, 0.4) is 0 Å². The molecule has 0 heterocycles. The molecule has 0 unspecified atom stereocenters. The summed E-state index contributed by atoms with van der Waals surface area (Å²) < 4.78 is 4.94. The molecule has 0 aliphatic heterocycles. The Bertz CT molecular complexity index is 308. The van der Waals surface area contributed by atoms with Crippen LogP contribution in [-0.2, 0) is 9.53 Å². The molecule has 0 spiro atoms. The van der Waals surface area contributed by atoms with Gasteiger partial charge in [0.2, 0.25) is 0 Å². The van der Waals surface area contributed by atoms with Gasteiger partial charge in [-0.3, -0.25) is 9.69 Å². The Hall–Kier alpha value is -1.61. The lowest BCUT2D eigenvalue weighted by Gasteiger charge is -2.19. The van der Waals surface area contributed by atoms with E-state index in [-0.39, 0.29) is 12.6 Å². The predicted octanol–water partition coefficient (Wildman–Crippen LogP) is 1.81. The molecule has 3 nitrogen and oxygen atoms in total. The Morgan fingerprint density at radius 2 is 2.14 bits per heavy atom. The average Bonchev–Trinajstić information content (AvgIpc) is 2.26. The van der Waals surface area contributed by atoms with Crippen molar-refractivity contribution in [2.45, 2.75) is 0 Å². The lowest BCUT2D eigenvalue weighted by atomic mass is 10.3. The van der Waals surface area contributed by atoms with Gasteiger partial charge in [0, 0.05) is 12.8 Å². The quantitative estimate of drug-likeness (QED) is 0.536. The molecule has 74 valence electrons. The predicted molar refractivity (Wildman–Crippen MR) is 56.0 cm³/mol. The fourth-order valence-electron chi connectivity index (χ4n) is 1.11. The van der Waals surface area contributed by atoms with E-state index in [9.17, 15) is 4.79 Å². The van der Waals surface area contributed by atoms with Crippen LogP contribution in [0.15, 0.2) is 43.0 Å². The second-order valence-corrected chi connectivity index (χ2v) is 2.72. The van der Waals surface area contributed by atoms with E-state index in [2.05, 4.69) is 6.58 Å². The summed E-state index contributed by atoms with van der Waals surface area (Å²) in [5, 5.41) is 0. The largest absolute Gasteiger partial charge is 0.364 e. The maximum atomic E-state index is 11.4. The van der Waals surface area contributed by atoms with Crippen LogP contribution >= 0.6 is 0 Å². The number of amides is 1. The van der Waals surface area contributed by atoms with Gasteiger partial charge in [-0.2, -0.15) is 0 Å². The molecule has 0 N–H and O–H groups in total. The van der Waals surface area contributed by atoms with E-state index in [1.54, 1.807) is 7.11 Å². The van der Waals surface area contributed by atoms with Crippen molar-refractivity contribution < 1.29 is 9.53 Å². The Kier molecular flexibility index (Phi) is 3.88. The third-order valence-electron chi connectivity index (χ3n) is 1.77. The minimum absolute atomic E-state index is 0.168. The van der Waals surface area contributed by atoms with Gasteiger partial charge in [0.15, 0.2) is 0 Å². The number of ether oxygens (including phenoxy) is 1. The number of anilines is 1. The second kappa shape index (κ2) is 5.19. The van der Waals surface area contributed by atoms with Crippen LogP contribution in [-0.4, -0.2) is 19.7 Å². The summed E-state index contributed by atoms with van der Waals surface area (Å²) in [6.07, 6.45) is 1.27. The highest BCUT2D eigenvalue weighted by Gasteiger charge is 2.10. The van der Waals surface area contributed by atoms with E-state index in [4.69, 9.17) is 4.74 Å². The number of rotatable bonds is 4. The number of carbonyl (C=O) groups is 1. The standard InChI is InChI=1S/C11H13NO2/c1-3-11(13)12(9-14-2)10-7-5-4-6-8-10/h3-8H,1,9H2,2H3. The van der Waals surface area contributed by atoms with Gasteiger partial charge < -0.3 is 4.74 Å². The number of hydrogen-bond donors (Lipinski definition) is 0. The minimum atomic E-state index is -0.168. The van der Waals surface area contributed by atoms with Crippen LogP contribution < -0.4 is 4.90 Å². The molecule has 0 fully saturated rings. The van der Waals surface area contributed by atoms with E-state index in [0.29, 0.717) is 0 Å². The molecule has 3 heteroatoms. The Morgan fingerprint density at radius 3 is 2.64 bits per heavy atom. The first-order valence-corrected chi connectivity index (χ1v) is 4.27. The van der Waals surface area contributed by atoms with Gasteiger partial charge in [-0.25, -0.2) is 0 Å². The molecular weight excluding hydrogens is 178 g/mol. The molecule has 0 aromatic heterocycles. The van der Waals surface area contributed by atoms with E-state index in [1.165, 1.54) is 11.0 Å². The van der Waals surface area contributed by atoms with E-state index < -0.39 is 0 Å². The fourth-order valence-corrected chi connectivity index (χ4v) is 1.11. The highest BCUT2D eigenvalue weighted by atomic mass is 16.5. The molecule has 1 rings (SSSR count). The molecule has 1 aromatic rings. The van der Waals surface area contributed by atoms with Gasteiger partial charge in [-0.1, -0.05) is 24.8 Å². The van der Waals surface area contributed by atoms with Crippen LogP contribution in [0.4, 0.5) is 5.69 Å². The first kappa shape index (κ1) is 10.5. The van der Waals surface area contributed by atoms with Crippen molar-refractivity contribution in [1.29, 1.82) is 0 Å². The first-order chi connectivity index (χ1) is 6.79. The normalized spacial score (nSPS) is 9.50. The van der Waals surface area contributed by atoms with Crippen molar-refractivity contribution in [2.75, 3.05) is 18.7 Å². The van der Waals surface area contributed by atoms with E-state index >= 15 is 0 Å². The SMILES string of the molecule is C=CC(=O)N(COC)c1ccccc1. The molecular formula is C11H13NO2. The van der Waals surface area contributed by atoms with Gasteiger partial charge in [0.1, 0.15) is 6.73 Å².